The van der Waals surface area contributed by atoms with E-state index in [0.29, 0.717) is 17.5 Å². The molecule has 1 saturated carbocycles. The topological polar surface area (TPSA) is 55.5 Å². The van der Waals surface area contributed by atoms with E-state index in [1.54, 1.807) is 6.07 Å². The van der Waals surface area contributed by atoms with Gasteiger partial charge in [-0.15, -0.1) is 0 Å². The molecule has 3 rings (SSSR count). The Hall–Kier alpha value is -1.59. The van der Waals surface area contributed by atoms with E-state index >= 15 is 0 Å². The van der Waals surface area contributed by atoms with E-state index in [1.165, 1.54) is 12.8 Å². The molecule has 1 aliphatic carbocycles. The van der Waals surface area contributed by atoms with Gasteiger partial charge in [-0.05, 0) is 61.9 Å². The second-order valence-corrected chi connectivity index (χ2v) is 14.2. The van der Waals surface area contributed by atoms with Crippen LogP contribution in [0.15, 0.2) is 34.9 Å². The lowest BCUT2D eigenvalue weighted by Crippen LogP contribution is -2.42. The fraction of sp³-hybridized carbons (Fsp3) is 0.591. The summed E-state index contributed by atoms with van der Waals surface area (Å²) in [4.78, 5) is 0. The van der Waals surface area contributed by atoms with Gasteiger partial charge in [0, 0.05) is 24.2 Å². The Morgan fingerprint density at radius 2 is 1.81 bits per heavy atom. The number of aromatic nitrogens is 1. The summed E-state index contributed by atoms with van der Waals surface area (Å²) in [6.45, 7) is 12.4. The van der Waals surface area contributed by atoms with Crippen LogP contribution in [0.5, 0.6) is 5.75 Å². The molecule has 1 fully saturated rings. The molecule has 0 aliphatic heterocycles. The maximum atomic E-state index is 10.0. The van der Waals surface area contributed by atoms with Gasteiger partial charge in [-0.2, -0.15) is 0 Å². The van der Waals surface area contributed by atoms with E-state index < -0.39 is 8.32 Å². The maximum Gasteiger partial charge on any atom is 0.191 e. The average molecular weight is 388 g/mol. The van der Waals surface area contributed by atoms with Gasteiger partial charge >= 0.3 is 0 Å². The van der Waals surface area contributed by atoms with E-state index in [4.69, 9.17) is 8.95 Å². The van der Waals surface area contributed by atoms with Crippen LogP contribution in [0.4, 0.5) is 0 Å². The fourth-order valence-corrected chi connectivity index (χ4v) is 4.54. The third-order valence-electron chi connectivity index (χ3n) is 6.44. The normalized spacial score (nSPS) is 21.4. The van der Waals surface area contributed by atoms with Gasteiger partial charge in [-0.25, -0.2) is 0 Å². The van der Waals surface area contributed by atoms with Gasteiger partial charge in [0.05, 0.1) is 0 Å². The number of phenols is 1. The van der Waals surface area contributed by atoms with E-state index in [2.05, 4.69) is 39.0 Å². The average Bonchev–Trinajstić information content (AvgIpc) is 3.10. The molecule has 1 N–H and O–H groups in total. The van der Waals surface area contributed by atoms with Crippen LogP contribution in [0.3, 0.4) is 0 Å². The fourth-order valence-electron chi connectivity index (χ4n) is 3.46. The highest BCUT2D eigenvalue weighted by Gasteiger charge is 2.38. The van der Waals surface area contributed by atoms with Crippen LogP contribution >= 0.6 is 0 Å². The van der Waals surface area contributed by atoms with Gasteiger partial charge in [0.15, 0.2) is 8.32 Å². The zero-order chi connectivity index (χ0) is 19.7. The van der Waals surface area contributed by atoms with Crippen LogP contribution in [0, 0.1) is 5.92 Å². The minimum atomic E-state index is -1.66. The number of phenolic OH excluding ortho intramolecular Hbond substituents is 1. The largest absolute Gasteiger partial charge is 0.507 e. The van der Waals surface area contributed by atoms with E-state index in [0.717, 1.165) is 30.8 Å². The lowest BCUT2D eigenvalue weighted by Gasteiger charge is -2.38. The van der Waals surface area contributed by atoms with Gasteiger partial charge in [-0.1, -0.05) is 38.1 Å². The van der Waals surface area contributed by atoms with Crippen molar-refractivity contribution >= 4 is 8.32 Å². The van der Waals surface area contributed by atoms with Crippen molar-refractivity contribution in [3.63, 3.8) is 0 Å². The van der Waals surface area contributed by atoms with Crippen molar-refractivity contribution in [2.75, 3.05) is 6.61 Å². The molecule has 0 saturated heterocycles. The predicted molar refractivity (Wildman–Crippen MR) is 111 cm³/mol. The molecule has 27 heavy (non-hydrogen) atoms. The number of rotatable bonds is 5. The van der Waals surface area contributed by atoms with Crippen LogP contribution in [-0.4, -0.2) is 25.2 Å². The van der Waals surface area contributed by atoms with Crippen molar-refractivity contribution < 1.29 is 14.1 Å². The highest BCUT2D eigenvalue weighted by molar-refractivity contribution is 6.74. The zero-order valence-electron chi connectivity index (χ0n) is 17.3. The van der Waals surface area contributed by atoms with Gasteiger partial charge < -0.3 is 14.1 Å². The zero-order valence-corrected chi connectivity index (χ0v) is 18.3. The number of aromatic hydroxyl groups is 1. The molecule has 0 radical (unpaired) electrons. The summed E-state index contributed by atoms with van der Waals surface area (Å²) in [5.41, 5.74) is 1.44. The highest BCUT2D eigenvalue weighted by Crippen LogP contribution is 2.40. The summed E-state index contributed by atoms with van der Waals surface area (Å²) in [6, 6.07) is 9.25. The number of hydrogen-bond donors (Lipinski definition) is 1. The highest BCUT2D eigenvalue weighted by atomic mass is 28.4. The minimum absolute atomic E-state index is 0.240. The first-order chi connectivity index (χ1) is 12.7. The summed E-state index contributed by atoms with van der Waals surface area (Å²) in [5, 5.41) is 14.5. The van der Waals surface area contributed by atoms with Crippen LogP contribution in [-0.2, 0) is 4.43 Å². The molecule has 2 aromatic rings. The second kappa shape index (κ2) is 7.80. The summed E-state index contributed by atoms with van der Waals surface area (Å²) < 4.78 is 12.0. The molecule has 1 aromatic heterocycles. The molecule has 0 unspecified atom stereocenters. The molecular formula is C22H33NO3Si. The standard InChI is InChI=1S/C22H33NO3Si/c1-22(2,3)27(4,5)25-15-16-10-12-17(13-11-16)21-14-19(23-26-21)18-8-6-7-9-20(18)24/h6-9,14,16-17,24H,10-13,15H2,1-5H3. The summed E-state index contributed by atoms with van der Waals surface area (Å²) in [7, 11) is -1.66. The van der Waals surface area contributed by atoms with Crippen LogP contribution in [0.2, 0.25) is 18.1 Å². The van der Waals surface area contributed by atoms with Crippen molar-refractivity contribution in [1.82, 2.24) is 5.16 Å². The molecule has 1 heterocycles. The van der Waals surface area contributed by atoms with Crippen molar-refractivity contribution in [1.29, 1.82) is 0 Å². The van der Waals surface area contributed by atoms with Gasteiger partial charge in [-0.3, -0.25) is 0 Å². The number of para-hydroxylation sites is 1. The lowest BCUT2D eigenvalue weighted by atomic mass is 9.81. The minimum Gasteiger partial charge on any atom is -0.507 e. The van der Waals surface area contributed by atoms with E-state index in [-0.39, 0.29) is 10.8 Å². The van der Waals surface area contributed by atoms with Gasteiger partial charge in [0.2, 0.25) is 0 Å². The predicted octanol–water partition coefficient (Wildman–Crippen LogP) is 6.34. The molecular weight excluding hydrogens is 354 g/mol. The third-order valence-corrected chi connectivity index (χ3v) is 10.9. The number of hydrogen-bond acceptors (Lipinski definition) is 4. The van der Waals surface area contributed by atoms with Crippen LogP contribution in [0.1, 0.15) is 58.1 Å². The first-order valence-corrected chi connectivity index (χ1v) is 13.0. The Bertz CT molecular complexity index is 755. The summed E-state index contributed by atoms with van der Waals surface area (Å²) in [6.07, 6.45) is 4.57. The monoisotopic (exact) mass is 387 g/mol. The van der Waals surface area contributed by atoms with Gasteiger partial charge in [0.1, 0.15) is 17.2 Å². The Labute approximate surface area is 164 Å². The molecule has 0 spiro atoms. The molecule has 0 amide bonds. The van der Waals surface area contributed by atoms with Crippen molar-refractivity contribution in [2.45, 2.75) is 70.5 Å². The van der Waals surface area contributed by atoms with Crippen molar-refractivity contribution in [2.24, 2.45) is 5.92 Å². The van der Waals surface area contributed by atoms with Gasteiger partial charge in [0.25, 0.3) is 0 Å². The third kappa shape index (κ3) is 4.64. The first kappa shape index (κ1) is 20.1. The van der Waals surface area contributed by atoms with Crippen LogP contribution < -0.4 is 0 Å². The lowest BCUT2D eigenvalue weighted by molar-refractivity contribution is 0.178. The summed E-state index contributed by atoms with van der Waals surface area (Å²) >= 11 is 0. The Morgan fingerprint density at radius 1 is 1.15 bits per heavy atom. The molecule has 1 aliphatic rings. The van der Waals surface area contributed by atoms with Crippen LogP contribution in [0.25, 0.3) is 11.3 Å². The maximum absolute atomic E-state index is 10.0. The summed E-state index contributed by atoms with van der Waals surface area (Å²) in [5.74, 6) is 2.25. The Morgan fingerprint density at radius 3 is 2.44 bits per heavy atom. The van der Waals surface area contributed by atoms with Crippen molar-refractivity contribution in [3.05, 3.63) is 36.1 Å². The second-order valence-electron chi connectivity index (χ2n) is 9.42. The van der Waals surface area contributed by atoms with E-state index in [1.807, 2.05) is 24.3 Å². The smallest absolute Gasteiger partial charge is 0.191 e. The Balaban J connectivity index is 1.55. The first-order valence-electron chi connectivity index (χ1n) is 10.1. The quantitative estimate of drug-likeness (QED) is 0.608. The molecule has 5 heteroatoms. The van der Waals surface area contributed by atoms with Crippen molar-refractivity contribution in [3.8, 4) is 17.0 Å². The number of benzene rings is 1. The molecule has 1 aromatic carbocycles. The molecule has 4 nitrogen and oxygen atoms in total. The molecule has 148 valence electrons. The molecule has 0 atom stereocenters. The SMILES string of the molecule is CC(C)(C)[Si](C)(C)OCC1CCC(c2cc(-c3ccccc3O)no2)CC1. The Kier molecular flexibility index (Phi) is 5.82. The number of nitrogens with zero attached hydrogens (tertiary/aromatic N) is 1. The van der Waals surface area contributed by atoms with E-state index in [9.17, 15) is 5.11 Å². The molecule has 0 bridgehead atoms.